The summed E-state index contributed by atoms with van der Waals surface area (Å²) in [6.07, 6.45) is 3.54. The van der Waals surface area contributed by atoms with Crippen molar-refractivity contribution in [3.63, 3.8) is 0 Å². The molecule has 0 bridgehead atoms. The van der Waals surface area contributed by atoms with Crippen LogP contribution in [-0.4, -0.2) is 57.1 Å². The van der Waals surface area contributed by atoms with Crippen LogP contribution in [-0.2, 0) is 28.4 Å². The van der Waals surface area contributed by atoms with Crippen molar-refractivity contribution in [2.45, 2.75) is 76.5 Å². The van der Waals surface area contributed by atoms with Gasteiger partial charge in [0.25, 0.3) is 0 Å². The van der Waals surface area contributed by atoms with Crippen LogP contribution in [0.4, 0.5) is 0 Å². The SMILES string of the molecule is C=CCOC1OC2COC(c3ccccc3)OC2C(OCCCC)C1OCCCC. The molecule has 2 aliphatic heterocycles. The molecule has 0 N–H and O–H groups in total. The van der Waals surface area contributed by atoms with Crippen LogP contribution in [0.25, 0.3) is 0 Å². The molecule has 0 amide bonds. The second kappa shape index (κ2) is 12.5. The van der Waals surface area contributed by atoms with Crippen LogP contribution in [0.1, 0.15) is 51.4 Å². The number of rotatable bonds is 12. The monoisotopic (exact) mass is 420 g/mol. The first-order chi connectivity index (χ1) is 14.8. The van der Waals surface area contributed by atoms with Gasteiger partial charge in [-0.2, -0.15) is 0 Å². The molecule has 6 atom stereocenters. The molecule has 1 aromatic rings. The van der Waals surface area contributed by atoms with Crippen molar-refractivity contribution in [3.8, 4) is 0 Å². The molecular formula is C24H36O6. The van der Waals surface area contributed by atoms with Crippen LogP contribution in [0.3, 0.4) is 0 Å². The Bertz CT molecular complexity index is 609. The third kappa shape index (κ3) is 6.13. The van der Waals surface area contributed by atoms with Crippen LogP contribution >= 0.6 is 0 Å². The minimum atomic E-state index is -0.548. The van der Waals surface area contributed by atoms with Crippen molar-refractivity contribution in [1.29, 1.82) is 0 Å². The van der Waals surface area contributed by atoms with E-state index in [1.807, 2.05) is 30.3 Å². The quantitative estimate of drug-likeness (QED) is 0.369. The molecule has 30 heavy (non-hydrogen) atoms. The first-order valence-electron chi connectivity index (χ1n) is 11.2. The van der Waals surface area contributed by atoms with Gasteiger partial charge >= 0.3 is 0 Å². The van der Waals surface area contributed by atoms with E-state index in [2.05, 4.69) is 20.4 Å². The van der Waals surface area contributed by atoms with Crippen molar-refractivity contribution >= 4 is 0 Å². The minimum Gasteiger partial charge on any atom is -0.372 e. The molecule has 0 radical (unpaired) electrons. The molecule has 1 aromatic carbocycles. The lowest BCUT2D eigenvalue weighted by molar-refractivity contribution is -0.369. The number of benzene rings is 1. The predicted octanol–water partition coefficient (Wildman–Crippen LogP) is 4.40. The highest BCUT2D eigenvalue weighted by molar-refractivity contribution is 5.16. The van der Waals surface area contributed by atoms with E-state index < -0.39 is 12.6 Å². The summed E-state index contributed by atoms with van der Waals surface area (Å²) in [4.78, 5) is 0. The summed E-state index contributed by atoms with van der Waals surface area (Å²) in [5, 5.41) is 0. The second-order valence-corrected chi connectivity index (χ2v) is 7.72. The third-order valence-corrected chi connectivity index (χ3v) is 5.35. The Morgan fingerprint density at radius 3 is 2.33 bits per heavy atom. The predicted molar refractivity (Wildman–Crippen MR) is 114 cm³/mol. The maximum Gasteiger partial charge on any atom is 0.187 e. The number of unbranched alkanes of at least 4 members (excludes halogenated alkanes) is 2. The average molecular weight is 421 g/mol. The van der Waals surface area contributed by atoms with Gasteiger partial charge in [0.15, 0.2) is 12.6 Å². The molecule has 0 aromatic heterocycles. The molecule has 6 unspecified atom stereocenters. The van der Waals surface area contributed by atoms with Gasteiger partial charge in [-0.3, -0.25) is 0 Å². The molecule has 0 saturated carbocycles. The lowest BCUT2D eigenvalue weighted by atomic mass is 9.97. The number of hydrogen-bond donors (Lipinski definition) is 0. The number of fused-ring (bicyclic) bond motifs is 1. The summed E-state index contributed by atoms with van der Waals surface area (Å²) in [5.74, 6) is 0. The van der Waals surface area contributed by atoms with Gasteiger partial charge in [0, 0.05) is 18.8 Å². The first kappa shape index (κ1) is 23.4. The van der Waals surface area contributed by atoms with Gasteiger partial charge in [0.05, 0.1) is 13.2 Å². The lowest BCUT2D eigenvalue weighted by Crippen LogP contribution is -2.63. The standard InChI is InChI=1S/C24H36O6/c1-4-7-15-25-21-20-19(17-28-23(30-20)18-12-10-9-11-13-18)29-24(27-14-6-3)22(21)26-16-8-5-2/h6,9-13,19-24H,3-5,7-8,14-17H2,1-2H3. The highest BCUT2D eigenvalue weighted by atomic mass is 16.8. The summed E-state index contributed by atoms with van der Waals surface area (Å²) in [6.45, 7) is 10.1. The number of hydrogen-bond acceptors (Lipinski definition) is 6. The molecule has 2 saturated heterocycles. The Balaban J connectivity index is 1.78. The van der Waals surface area contributed by atoms with Crippen molar-refractivity contribution in [2.75, 3.05) is 26.4 Å². The zero-order chi connectivity index (χ0) is 21.2. The van der Waals surface area contributed by atoms with E-state index in [9.17, 15) is 0 Å². The Morgan fingerprint density at radius 1 is 0.967 bits per heavy atom. The molecular weight excluding hydrogens is 384 g/mol. The van der Waals surface area contributed by atoms with Gasteiger partial charge in [-0.05, 0) is 12.8 Å². The number of ether oxygens (including phenoxy) is 6. The average Bonchev–Trinajstić information content (AvgIpc) is 2.79. The van der Waals surface area contributed by atoms with Crippen LogP contribution < -0.4 is 0 Å². The van der Waals surface area contributed by atoms with Crippen molar-refractivity contribution in [3.05, 3.63) is 48.6 Å². The van der Waals surface area contributed by atoms with Gasteiger partial charge in [-0.25, -0.2) is 0 Å². The molecule has 168 valence electrons. The minimum absolute atomic E-state index is 0.280. The summed E-state index contributed by atoms with van der Waals surface area (Å²) >= 11 is 0. The van der Waals surface area contributed by atoms with Gasteiger partial charge in [-0.1, -0.05) is 63.1 Å². The Kier molecular flexibility index (Phi) is 9.78. The molecule has 6 heteroatoms. The molecule has 2 heterocycles. The van der Waals surface area contributed by atoms with E-state index >= 15 is 0 Å². The molecule has 2 fully saturated rings. The maximum atomic E-state index is 6.38. The topological polar surface area (TPSA) is 55.4 Å². The fourth-order valence-electron chi connectivity index (χ4n) is 3.72. The highest BCUT2D eigenvalue weighted by Crippen LogP contribution is 2.36. The lowest BCUT2D eigenvalue weighted by Gasteiger charge is -2.49. The fourth-order valence-corrected chi connectivity index (χ4v) is 3.72. The Morgan fingerprint density at radius 2 is 1.67 bits per heavy atom. The molecule has 6 nitrogen and oxygen atoms in total. The van der Waals surface area contributed by atoms with Crippen LogP contribution in [0, 0.1) is 0 Å². The van der Waals surface area contributed by atoms with Gasteiger partial charge in [-0.15, -0.1) is 6.58 Å². The van der Waals surface area contributed by atoms with E-state index in [1.54, 1.807) is 6.08 Å². The Hall–Kier alpha value is -1.28. The zero-order valence-corrected chi connectivity index (χ0v) is 18.2. The molecule has 0 aliphatic carbocycles. The van der Waals surface area contributed by atoms with Crippen molar-refractivity contribution in [2.24, 2.45) is 0 Å². The summed E-state index contributed by atoms with van der Waals surface area (Å²) in [7, 11) is 0. The summed E-state index contributed by atoms with van der Waals surface area (Å²) < 4.78 is 37.1. The van der Waals surface area contributed by atoms with Crippen LogP contribution in [0.15, 0.2) is 43.0 Å². The van der Waals surface area contributed by atoms with Gasteiger partial charge in [0.1, 0.15) is 24.4 Å². The molecule has 2 aliphatic rings. The summed E-state index contributed by atoms with van der Waals surface area (Å²) in [5.41, 5.74) is 0.983. The largest absolute Gasteiger partial charge is 0.372 e. The second-order valence-electron chi connectivity index (χ2n) is 7.72. The fraction of sp³-hybridized carbons (Fsp3) is 0.667. The highest BCUT2D eigenvalue weighted by Gasteiger charge is 2.51. The van der Waals surface area contributed by atoms with Crippen molar-refractivity contribution in [1.82, 2.24) is 0 Å². The first-order valence-corrected chi connectivity index (χ1v) is 11.2. The summed E-state index contributed by atoms with van der Waals surface area (Å²) in [6, 6.07) is 9.96. The van der Waals surface area contributed by atoms with Gasteiger partial charge < -0.3 is 28.4 Å². The third-order valence-electron chi connectivity index (χ3n) is 5.35. The van der Waals surface area contributed by atoms with E-state index in [0.717, 1.165) is 31.2 Å². The van der Waals surface area contributed by atoms with Crippen molar-refractivity contribution < 1.29 is 28.4 Å². The molecule has 0 spiro atoms. The maximum absolute atomic E-state index is 6.38. The van der Waals surface area contributed by atoms with Crippen LogP contribution in [0.5, 0.6) is 0 Å². The zero-order valence-electron chi connectivity index (χ0n) is 18.2. The normalized spacial score (nSPS) is 31.3. The van der Waals surface area contributed by atoms with E-state index in [-0.39, 0.29) is 24.4 Å². The Labute approximate surface area is 180 Å². The van der Waals surface area contributed by atoms with E-state index in [0.29, 0.717) is 26.4 Å². The van der Waals surface area contributed by atoms with E-state index in [1.165, 1.54) is 0 Å². The van der Waals surface area contributed by atoms with E-state index in [4.69, 9.17) is 28.4 Å². The van der Waals surface area contributed by atoms with Crippen LogP contribution in [0.2, 0.25) is 0 Å². The smallest absolute Gasteiger partial charge is 0.187 e. The molecule has 3 rings (SSSR count). The van der Waals surface area contributed by atoms with Gasteiger partial charge in [0.2, 0.25) is 0 Å².